The number of anilines is 1. The number of benzene rings is 2. The van der Waals surface area contributed by atoms with Crippen LogP contribution in [0, 0.1) is 6.92 Å². The van der Waals surface area contributed by atoms with Gasteiger partial charge in [0, 0.05) is 5.56 Å². The molecule has 2 aromatic carbocycles. The number of aromatic nitrogens is 2. The Labute approximate surface area is 182 Å². The van der Waals surface area contributed by atoms with E-state index >= 15 is 0 Å². The van der Waals surface area contributed by atoms with Crippen LogP contribution in [0.2, 0.25) is 0 Å². The Balaban J connectivity index is 1.90. The van der Waals surface area contributed by atoms with Gasteiger partial charge in [-0.15, -0.1) is 10.2 Å². The lowest BCUT2D eigenvalue weighted by molar-refractivity contribution is -0.132. The molecule has 0 unspecified atom stereocenters. The van der Waals surface area contributed by atoms with Crippen LogP contribution in [0.15, 0.2) is 54.1 Å². The first-order valence-corrected chi connectivity index (χ1v) is 10.2. The Morgan fingerprint density at radius 3 is 2.06 bits per heavy atom. The number of hydrogen-bond acceptors (Lipinski definition) is 8. The van der Waals surface area contributed by atoms with E-state index in [0.29, 0.717) is 27.6 Å². The number of aliphatic hydroxyl groups is 1. The molecule has 3 aromatic rings. The number of carbonyl (C=O) groups excluding carboxylic acids is 2. The van der Waals surface area contributed by atoms with Crippen LogP contribution in [-0.4, -0.2) is 41.2 Å². The maximum atomic E-state index is 13.0. The monoisotopic (exact) mass is 437 g/mol. The molecule has 8 nitrogen and oxygen atoms in total. The number of hydrogen-bond donors (Lipinski definition) is 1. The molecule has 1 saturated heterocycles. The third-order valence-corrected chi connectivity index (χ3v) is 5.80. The molecule has 31 heavy (non-hydrogen) atoms. The van der Waals surface area contributed by atoms with Gasteiger partial charge in [0.2, 0.25) is 5.13 Å². The molecule has 0 radical (unpaired) electrons. The van der Waals surface area contributed by atoms with Crippen LogP contribution in [-0.2, 0) is 9.59 Å². The maximum absolute atomic E-state index is 13.0. The molecule has 1 fully saturated rings. The van der Waals surface area contributed by atoms with Crippen molar-refractivity contribution in [1.82, 2.24) is 10.2 Å². The lowest BCUT2D eigenvalue weighted by Gasteiger charge is -2.22. The SMILES string of the molecule is COc1ccc(/C(O)=C2\C(=O)C(=O)N(c3nnc(C)s3)[C@@H]2c2ccc(OC)cc2)cc1. The van der Waals surface area contributed by atoms with Crippen LogP contribution in [0.3, 0.4) is 0 Å². The molecule has 2 heterocycles. The van der Waals surface area contributed by atoms with E-state index < -0.39 is 17.7 Å². The van der Waals surface area contributed by atoms with Crippen LogP contribution >= 0.6 is 11.3 Å². The smallest absolute Gasteiger partial charge is 0.301 e. The highest BCUT2D eigenvalue weighted by Gasteiger charge is 2.48. The highest BCUT2D eigenvalue weighted by Crippen LogP contribution is 2.43. The van der Waals surface area contributed by atoms with Gasteiger partial charge in [-0.2, -0.15) is 0 Å². The third-order valence-electron chi connectivity index (χ3n) is 4.96. The van der Waals surface area contributed by atoms with Gasteiger partial charge in [-0.1, -0.05) is 23.5 Å². The summed E-state index contributed by atoms with van der Waals surface area (Å²) in [5.41, 5.74) is 1.00. The summed E-state index contributed by atoms with van der Waals surface area (Å²) in [6, 6.07) is 12.7. The summed E-state index contributed by atoms with van der Waals surface area (Å²) in [7, 11) is 3.09. The first kappa shape index (κ1) is 20.5. The van der Waals surface area contributed by atoms with Crippen LogP contribution in [0.4, 0.5) is 5.13 Å². The normalized spacial score (nSPS) is 17.8. The van der Waals surface area contributed by atoms with Gasteiger partial charge in [0.05, 0.1) is 25.8 Å². The number of aliphatic hydroxyl groups excluding tert-OH is 1. The molecule has 1 aliphatic rings. The number of amides is 1. The quantitative estimate of drug-likeness (QED) is 0.370. The van der Waals surface area contributed by atoms with Gasteiger partial charge in [-0.25, -0.2) is 0 Å². The first-order valence-electron chi connectivity index (χ1n) is 9.34. The zero-order valence-corrected chi connectivity index (χ0v) is 17.8. The Morgan fingerprint density at radius 1 is 0.968 bits per heavy atom. The van der Waals surface area contributed by atoms with Crippen LogP contribution < -0.4 is 14.4 Å². The Morgan fingerprint density at radius 2 is 1.55 bits per heavy atom. The molecule has 0 saturated carbocycles. The lowest BCUT2D eigenvalue weighted by Crippen LogP contribution is -2.29. The van der Waals surface area contributed by atoms with E-state index in [1.54, 1.807) is 62.6 Å². The molecule has 0 aliphatic carbocycles. The zero-order chi connectivity index (χ0) is 22.1. The molecular weight excluding hydrogens is 418 g/mol. The summed E-state index contributed by atoms with van der Waals surface area (Å²) >= 11 is 1.20. The summed E-state index contributed by atoms with van der Waals surface area (Å²) in [5.74, 6) is -0.602. The number of ether oxygens (including phenoxy) is 2. The van der Waals surface area contributed by atoms with E-state index in [1.165, 1.54) is 23.3 Å². The second-order valence-electron chi connectivity index (χ2n) is 6.77. The van der Waals surface area contributed by atoms with Crippen LogP contribution in [0.1, 0.15) is 22.2 Å². The molecule has 158 valence electrons. The Hall–Kier alpha value is -3.72. The fourth-order valence-electron chi connectivity index (χ4n) is 3.42. The van der Waals surface area contributed by atoms with E-state index in [1.807, 2.05) is 0 Å². The first-order chi connectivity index (χ1) is 14.9. The van der Waals surface area contributed by atoms with Crippen LogP contribution in [0.5, 0.6) is 11.5 Å². The molecule has 1 N–H and O–H groups in total. The molecule has 0 bridgehead atoms. The van der Waals surface area contributed by atoms with Crippen molar-refractivity contribution < 1.29 is 24.2 Å². The van der Waals surface area contributed by atoms with E-state index in [9.17, 15) is 14.7 Å². The Kier molecular flexibility index (Phi) is 5.43. The fraction of sp³-hybridized carbons (Fsp3) is 0.182. The van der Waals surface area contributed by atoms with Gasteiger partial charge in [0.25, 0.3) is 5.78 Å². The minimum atomic E-state index is -0.861. The van der Waals surface area contributed by atoms with Crippen molar-refractivity contribution in [3.8, 4) is 11.5 Å². The average molecular weight is 437 g/mol. The number of aryl methyl sites for hydroxylation is 1. The zero-order valence-electron chi connectivity index (χ0n) is 17.0. The second kappa shape index (κ2) is 8.19. The van der Waals surface area contributed by atoms with Gasteiger partial charge in [0.15, 0.2) is 0 Å². The van der Waals surface area contributed by atoms with Crippen molar-refractivity contribution in [1.29, 1.82) is 0 Å². The molecular formula is C22H19N3O5S. The molecule has 1 atom stereocenters. The number of ketones is 1. The average Bonchev–Trinajstić information content (AvgIpc) is 3.34. The summed E-state index contributed by atoms with van der Waals surface area (Å²) in [4.78, 5) is 27.3. The largest absolute Gasteiger partial charge is 0.507 e. The van der Waals surface area contributed by atoms with Crippen molar-refractivity contribution in [3.05, 3.63) is 70.2 Å². The fourth-order valence-corrected chi connectivity index (χ4v) is 4.13. The van der Waals surface area contributed by atoms with Gasteiger partial charge in [0.1, 0.15) is 22.3 Å². The van der Waals surface area contributed by atoms with Gasteiger partial charge in [-0.05, 0) is 48.9 Å². The van der Waals surface area contributed by atoms with Crippen molar-refractivity contribution >= 4 is 33.9 Å². The van der Waals surface area contributed by atoms with E-state index in [-0.39, 0.29) is 16.5 Å². The van der Waals surface area contributed by atoms with E-state index in [4.69, 9.17) is 9.47 Å². The molecule has 1 amide bonds. The van der Waals surface area contributed by atoms with E-state index in [2.05, 4.69) is 10.2 Å². The minimum absolute atomic E-state index is 0.0202. The van der Waals surface area contributed by atoms with Gasteiger partial charge in [-0.3, -0.25) is 14.5 Å². The summed E-state index contributed by atoms with van der Waals surface area (Å²) in [6.45, 7) is 1.76. The lowest BCUT2D eigenvalue weighted by atomic mass is 9.95. The number of rotatable bonds is 5. The standard InChI is InChI=1S/C22H19N3O5S/c1-12-23-24-22(31-12)25-18(13-4-8-15(29-2)9-5-13)17(20(27)21(25)28)19(26)14-6-10-16(30-3)11-7-14/h4-11,18,26H,1-3H3/b19-17+/t18-/m1/s1. The highest BCUT2D eigenvalue weighted by molar-refractivity contribution is 7.15. The molecule has 4 rings (SSSR count). The van der Waals surface area contributed by atoms with Gasteiger partial charge < -0.3 is 14.6 Å². The predicted molar refractivity (Wildman–Crippen MR) is 115 cm³/mol. The number of Topliss-reactive ketones (excluding diaryl/α,β-unsaturated/α-hetero) is 1. The third kappa shape index (κ3) is 3.64. The van der Waals surface area contributed by atoms with Crippen molar-refractivity contribution in [3.63, 3.8) is 0 Å². The van der Waals surface area contributed by atoms with Gasteiger partial charge >= 0.3 is 5.91 Å². The highest BCUT2D eigenvalue weighted by atomic mass is 32.1. The topological polar surface area (TPSA) is 102 Å². The number of carbonyl (C=O) groups is 2. The summed E-state index contributed by atoms with van der Waals surface area (Å²) in [6.07, 6.45) is 0. The second-order valence-corrected chi connectivity index (χ2v) is 7.93. The molecule has 1 aliphatic heterocycles. The summed E-state index contributed by atoms with van der Waals surface area (Å²) in [5, 5.41) is 20.0. The van der Waals surface area contributed by atoms with Crippen molar-refractivity contribution in [2.45, 2.75) is 13.0 Å². The van der Waals surface area contributed by atoms with E-state index in [0.717, 1.165) is 0 Å². The van der Waals surface area contributed by atoms with Crippen LogP contribution in [0.25, 0.3) is 5.76 Å². The predicted octanol–water partition coefficient (Wildman–Crippen LogP) is 3.49. The Bertz CT molecular complexity index is 1170. The molecule has 0 spiro atoms. The number of nitrogens with zero attached hydrogens (tertiary/aromatic N) is 3. The van der Waals surface area contributed by atoms with Crippen molar-refractivity contribution in [2.75, 3.05) is 19.1 Å². The molecule has 1 aromatic heterocycles. The maximum Gasteiger partial charge on any atom is 0.301 e. The summed E-state index contributed by atoms with van der Waals surface area (Å²) < 4.78 is 10.4. The minimum Gasteiger partial charge on any atom is -0.507 e. The van der Waals surface area contributed by atoms with Crippen molar-refractivity contribution in [2.24, 2.45) is 0 Å². The molecule has 9 heteroatoms. The number of methoxy groups -OCH3 is 2.